The van der Waals surface area contributed by atoms with Gasteiger partial charge in [-0.15, -0.1) is 0 Å². The van der Waals surface area contributed by atoms with Gasteiger partial charge < -0.3 is 9.73 Å². The van der Waals surface area contributed by atoms with Crippen LogP contribution in [-0.4, -0.2) is 4.98 Å². The molecule has 3 nitrogen and oxygen atoms in total. The van der Waals surface area contributed by atoms with Crippen LogP contribution in [0.2, 0.25) is 5.15 Å². The third-order valence-corrected chi connectivity index (χ3v) is 2.91. The minimum Gasteiger partial charge on any atom is -0.467 e. The SMILES string of the molecule is Clc1cc2ccccc2c(NCc2ccco2)n1. The maximum atomic E-state index is 6.01. The number of aromatic nitrogens is 1. The van der Waals surface area contributed by atoms with Gasteiger partial charge in [0, 0.05) is 5.39 Å². The number of fused-ring (bicyclic) bond motifs is 1. The Morgan fingerprint density at radius 2 is 2.06 bits per heavy atom. The maximum absolute atomic E-state index is 6.01. The molecule has 1 aromatic carbocycles. The third kappa shape index (κ3) is 2.17. The van der Waals surface area contributed by atoms with E-state index in [0.717, 1.165) is 22.4 Å². The number of hydrogen-bond donors (Lipinski definition) is 1. The first-order valence-corrected chi connectivity index (χ1v) is 6.02. The summed E-state index contributed by atoms with van der Waals surface area (Å²) < 4.78 is 5.27. The summed E-state index contributed by atoms with van der Waals surface area (Å²) in [5, 5.41) is 5.84. The van der Waals surface area contributed by atoms with Gasteiger partial charge in [0.1, 0.15) is 16.7 Å². The van der Waals surface area contributed by atoms with E-state index in [1.807, 2.05) is 42.5 Å². The van der Waals surface area contributed by atoms with E-state index in [1.54, 1.807) is 6.26 Å². The lowest BCUT2D eigenvalue weighted by Crippen LogP contribution is -2.01. The Morgan fingerprint density at radius 3 is 2.89 bits per heavy atom. The van der Waals surface area contributed by atoms with E-state index in [-0.39, 0.29) is 0 Å². The Labute approximate surface area is 109 Å². The van der Waals surface area contributed by atoms with Crippen LogP contribution in [0.4, 0.5) is 5.82 Å². The van der Waals surface area contributed by atoms with Crippen molar-refractivity contribution in [3.63, 3.8) is 0 Å². The molecule has 0 unspecified atom stereocenters. The molecule has 0 radical (unpaired) electrons. The molecule has 0 bridgehead atoms. The second-order valence-electron chi connectivity index (χ2n) is 3.95. The summed E-state index contributed by atoms with van der Waals surface area (Å²) in [6.45, 7) is 0.588. The topological polar surface area (TPSA) is 38.1 Å². The predicted octanol–water partition coefficient (Wildman–Crippen LogP) is 4.09. The van der Waals surface area contributed by atoms with E-state index >= 15 is 0 Å². The van der Waals surface area contributed by atoms with Crippen LogP contribution in [-0.2, 0) is 6.54 Å². The van der Waals surface area contributed by atoms with Crippen molar-refractivity contribution >= 4 is 28.2 Å². The Kier molecular flexibility index (Phi) is 2.90. The second-order valence-corrected chi connectivity index (χ2v) is 4.33. The number of nitrogens with zero attached hydrogens (tertiary/aromatic N) is 1. The van der Waals surface area contributed by atoms with Crippen LogP contribution in [0.1, 0.15) is 5.76 Å². The quantitative estimate of drug-likeness (QED) is 0.719. The monoisotopic (exact) mass is 258 g/mol. The zero-order valence-corrected chi connectivity index (χ0v) is 10.3. The molecular weight excluding hydrogens is 248 g/mol. The summed E-state index contributed by atoms with van der Waals surface area (Å²) in [6.07, 6.45) is 1.65. The van der Waals surface area contributed by atoms with Crippen molar-refractivity contribution in [1.29, 1.82) is 0 Å². The summed E-state index contributed by atoms with van der Waals surface area (Å²) >= 11 is 6.01. The minimum atomic E-state index is 0.482. The van der Waals surface area contributed by atoms with E-state index in [2.05, 4.69) is 10.3 Å². The first-order valence-electron chi connectivity index (χ1n) is 5.64. The Hall–Kier alpha value is -2.00. The molecular formula is C14H11ClN2O. The molecule has 0 aliphatic carbocycles. The van der Waals surface area contributed by atoms with Crippen molar-refractivity contribution in [2.75, 3.05) is 5.32 Å². The van der Waals surface area contributed by atoms with Gasteiger partial charge in [-0.2, -0.15) is 0 Å². The highest BCUT2D eigenvalue weighted by molar-refractivity contribution is 6.30. The van der Waals surface area contributed by atoms with Gasteiger partial charge in [-0.25, -0.2) is 4.98 Å². The fourth-order valence-corrected chi connectivity index (χ4v) is 2.09. The molecule has 0 atom stereocenters. The van der Waals surface area contributed by atoms with Crippen LogP contribution in [0.5, 0.6) is 0 Å². The minimum absolute atomic E-state index is 0.482. The predicted molar refractivity (Wildman–Crippen MR) is 72.8 cm³/mol. The molecule has 18 heavy (non-hydrogen) atoms. The van der Waals surface area contributed by atoms with Crippen molar-refractivity contribution in [2.24, 2.45) is 0 Å². The van der Waals surface area contributed by atoms with Crippen LogP contribution < -0.4 is 5.32 Å². The highest BCUT2D eigenvalue weighted by Crippen LogP contribution is 2.24. The van der Waals surface area contributed by atoms with Crippen LogP contribution in [0.3, 0.4) is 0 Å². The molecule has 3 rings (SSSR count). The van der Waals surface area contributed by atoms with Crippen molar-refractivity contribution in [1.82, 2.24) is 4.98 Å². The largest absolute Gasteiger partial charge is 0.467 e. The average Bonchev–Trinajstić information content (AvgIpc) is 2.89. The van der Waals surface area contributed by atoms with Gasteiger partial charge in [0.05, 0.1) is 12.8 Å². The number of nitrogens with one attached hydrogen (secondary N) is 1. The summed E-state index contributed by atoms with van der Waals surface area (Å²) in [6, 6.07) is 13.6. The van der Waals surface area contributed by atoms with Gasteiger partial charge in [-0.05, 0) is 23.6 Å². The molecule has 0 saturated heterocycles. The molecule has 0 spiro atoms. The van der Waals surface area contributed by atoms with Gasteiger partial charge in [0.25, 0.3) is 0 Å². The van der Waals surface area contributed by atoms with Gasteiger partial charge >= 0.3 is 0 Å². The van der Waals surface area contributed by atoms with E-state index in [4.69, 9.17) is 16.0 Å². The summed E-state index contributed by atoms with van der Waals surface area (Å²) in [5.74, 6) is 1.63. The third-order valence-electron chi connectivity index (χ3n) is 2.72. The van der Waals surface area contributed by atoms with Gasteiger partial charge in [-0.1, -0.05) is 35.9 Å². The number of hydrogen-bond acceptors (Lipinski definition) is 3. The second kappa shape index (κ2) is 4.70. The fraction of sp³-hybridized carbons (Fsp3) is 0.0714. The lowest BCUT2D eigenvalue weighted by atomic mass is 10.1. The Bertz CT molecular complexity index is 665. The summed E-state index contributed by atoms with van der Waals surface area (Å²) in [4.78, 5) is 4.31. The number of furan rings is 1. The molecule has 2 aromatic heterocycles. The average molecular weight is 259 g/mol. The zero-order valence-electron chi connectivity index (χ0n) is 9.56. The van der Waals surface area contributed by atoms with Crippen LogP contribution >= 0.6 is 11.6 Å². The standard InChI is InChI=1S/C14H11ClN2O/c15-13-8-10-4-1-2-6-12(10)14(17-13)16-9-11-5-3-7-18-11/h1-8H,9H2,(H,16,17). The first-order chi connectivity index (χ1) is 8.83. The fourth-order valence-electron chi connectivity index (χ4n) is 1.88. The normalized spacial score (nSPS) is 10.7. The van der Waals surface area contributed by atoms with Gasteiger partial charge in [-0.3, -0.25) is 0 Å². The molecule has 0 aliphatic heterocycles. The van der Waals surface area contributed by atoms with Crippen molar-refractivity contribution in [2.45, 2.75) is 6.54 Å². The number of benzene rings is 1. The number of anilines is 1. The lowest BCUT2D eigenvalue weighted by molar-refractivity contribution is 0.518. The van der Waals surface area contributed by atoms with E-state index in [1.165, 1.54) is 0 Å². The van der Waals surface area contributed by atoms with E-state index < -0.39 is 0 Å². The van der Waals surface area contributed by atoms with Crippen LogP contribution in [0.25, 0.3) is 10.8 Å². The molecule has 0 aliphatic rings. The Balaban J connectivity index is 1.95. The molecule has 90 valence electrons. The molecule has 4 heteroatoms. The van der Waals surface area contributed by atoms with Crippen molar-refractivity contribution < 1.29 is 4.42 Å². The highest BCUT2D eigenvalue weighted by Gasteiger charge is 2.05. The lowest BCUT2D eigenvalue weighted by Gasteiger charge is -2.08. The smallest absolute Gasteiger partial charge is 0.136 e. The Morgan fingerprint density at radius 1 is 1.17 bits per heavy atom. The molecule has 3 aromatic rings. The number of halogens is 1. The molecule has 0 fully saturated rings. The van der Waals surface area contributed by atoms with E-state index in [9.17, 15) is 0 Å². The number of pyridine rings is 1. The van der Waals surface area contributed by atoms with Crippen molar-refractivity contribution in [3.05, 3.63) is 59.6 Å². The van der Waals surface area contributed by atoms with Gasteiger partial charge in [0.2, 0.25) is 0 Å². The summed E-state index contributed by atoms with van der Waals surface area (Å²) in [5.41, 5.74) is 0. The van der Waals surface area contributed by atoms with Gasteiger partial charge in [0.15, 0.2) is 0 Å². The summed E-state index contributed by atoms with van der Waals surface area (Å²) in [7, 11) is 0. The highest BCUT2D eigenvalue weighted by atomic mass is 35.5. The molecule has 2 heterocycles. The molecule has 0 amide bonds. The maximum Gasteiger partial charge on any atom is 0.136 e. The molecule has 1 N–H and O–H groups in total. The number of rotatable bonds is 3. The van der Waals surface area contributed by atoms with Crippen LogP contribution in [0, 0.1) is 0 Å². The zero-order chi connectivity index (χ0) is 12.4. The first kappa shape index (κ1) is 11.1. The van der Waals surface area contributed by atoms with Crippen LogP contribution in [0.15, 0.2) is 53.1 Å². The van der Waals surface area contributed by atoms with E-state index in [0.29, 0.717) is 11.7 Å². The molecule has 0 saturated carbocycles. The van der Waals surface area contributed by atoms with Crippen molar-refractivity contribution in [3.8, 4) is 0 Å².